The fourth-order valence-electron chi connectivity index (χ4n) is 1.85. The zero-order valence-electron chi connectivity index (χ0n) is 11.2. The largest absolute Gasteiger partial charge is 0.461 e. The van der Waals surface area contributed by atoms with Crippen LogP contribution in [0.25, 0.3) is 0 Å². The first-order chi connectivity index (χ1) is 9.66. The van der Waals surface area contributed by atoms with Gasteiger partial charge in [0.2, 0.25) is 0 Å². The first kappa shape index (κ1) is 14.6. The Hall–Kier alpha value is -1.81. The van der Waals surface area contributed by atoms with Crippen LogP contribution >= 0.6 is 15.9 Å². The molecule has 0 aliphatic heterocycles. The van der Waals surface area contributed by atoms with Crippen molar-refractivity contribution in [1.82, 2.24) is 0 Å². The minimum absolute atomic E-state index is 0.270. The van der Waals surface area contributed by atoms with Crippen LogP contribution in [0.5, 0.6) is 0 Å². The lowest BCUT2D eigenvalue weighted by Gasteiger charge is -2.14. The number of hydrogen-bond donors (Lipinski definition) is 1. The second-order valence-corrected chi connectivity index (χ2v) is 5.25. The molecule has 0 atom stereocenters. The molecule has 1 N–H and O–H groups in total. The van der Waals surface area contributed by atoms with Crippen molar-refractivity contribution >= 4 is 27.6 Å². The van der Waals surface area contributed by atoms with Gasteiger partial charge in [-0.25, -0.2) is 0 Å². The Morgan fingerprint density at radius 1 is 1.15 bits per heavy atom. The fraction of sp³-hybridized carbons (Fsp3) is 0.188. The summed E-state index contributed by atoms with van der Waals surface area (Å²) < 4.78 is 6.03. The summed E-state index contributed by atoms with van der Waals surface area (Å²) in [7, 11) is 0. The van der Waals surface area contributed by atoms with Gasteiger partial charge in [0.25, 0.3) is 0 Å². The number of carbonyl (C=O) groups is 1. The first-order valence-electron chi connectivity index (χ1n) is 6.35. The molecular formula is C16H16BrNO2. The summed E-state index contributed by atoms with van der Waals surface area (Å²) in [5, 5.41) is 3.38. The summed E-state index contributed by atoms with van der Waals surface area (Å²) in [6, 6.07) is 16.0. The molecule has 2 rings (SSSR count). The van der Waals surface area contributed by atoms with Crippen molar-refractivity contribution in [1.29, 1.82) is 0 Å². The summed E-state index contributed by atoms with van der Waals surface area (Å²) in [6.07, 6.45) is 0. The van der Waals surface area contributed by atoms with Gasteiger partial charge in [0.15, 0.2) is 0 Å². The number of carbonyl (C=O) groups excluding carboxylic acids is 1. The highest BCUT2D eigenvalue weighted by atomic mass is 79.9. The molecule has 0 aliphatic rings. The van der Waals surface area contributed by atoms with Crippen LogP contribution in [0.1, 0.15) is 18.1 Å². The SMILES string of the molecule is CC(=O)OCc1cccc(Br)c1NCc1ccccc1. The number of rotatable bonds is 5. The van der Waals surface area contributed by atoms with Crippen LogP contribution in [0.15, 0.2) is 53.0 Å². The molecule has 0 unspecified atom stereocenters. The van der Waals surface area contributed by atoms with Crippen LogP contribution < -0.4 is 5.32 Å². The van der Waals surface area contributed by atoms with E-state index in [0.29, 0.717) is 0 Å². The van der Waals surface area contributed by atoms with Gasteiger partial charge in [0, 0.05) is 23.5 Å². The number of esters is 1. The molecule has 20 heavy (non-hydrogen) atoms. The monoisotopic (exact) mass is 333 g/mol. The van der Waals surface area contributed by atoms with E-state index in [1.54, 1.807) is 0 Å². The minimum Gasteiger partial charge on any atom is -0.461 e. The predicted molar refractivity (Wildman–Crippen MR) is 83.4 cm³/mol. The van der Waals surface area contributed by atoms with Gasteiger partial charge in [-0.05, 0) is 27.6 Å². The molecule has 104 valence electrons. The van der Waals surface area contributed by atoms with E-state index in [9.17, 15) is 4.79 Å². The topological polar surface area (TPSA) is 38.3 Å². The molecule has 4 heteroatoms. The highest BCUT2D eigenvalue weighted by molar-refractivity contribution is 9.10. The molecular weight excluding hydrogens is 318 g/mol. The van der Waals surface area contributed by atoms with E-state index in [-0.39, 0.29) is 12.6 Å². The van der Waals surface area contributed by atoms with Gasteiger partial charge < -0.3 is 10.1 Å². The molecule has 2 aromatic carbocycles. The smallest absolute Gasteiger partial charge is 0.302 e. The van der Waals surface area contributed by atoms with E-state index in [2.05, 4.69) is 33.4 Å². The maximum absolute atomic E-state index is 10.9. The quantitative estimate of drug-likeness (QED) is 0.836. The average molecular weight is 334 g/mol. The minimum atomic E-state index is -0.279. The van der Waals surface area contributed by atoms with Crippen LogP contribution in [-0.2, 0) is 22.7 Å². The molecule has 2 aromatic rings. The van der Waals surface area contributed by atoms with Gasteiger partial charge in [-0.3, -0.25) is 4.79 Å². The number of halogens is 1. The van der Waals surface area contributed by atoms with Crippen molar-refractivity contribution in [2.75, 3.05) is 5.32 Å². The lowest BCUT2D eigenvalue weighted by atomic mass is 10.1. The van der Waals surface area contributed by atoms with Gasteiger partial charge in [-0.1, -0.05) is 42.5 Å². The Morgan fingerprint density at radius 3 is 2.60 bits per heavy atom. The van der Waals surface area contributed by atoms with Crippen LogP contribution in [-0.4, -0.2) is 5.97 Å². The number of anilines is 1. The third-order valence-corrected chi connectivity index (χ3v) is 3.50. The van der Waals surface area contributed by atoms with Crippen molar-refractivity contribution < 1.29 is 9.53 Å². The van der Waals surface area contributed by atoms with E-state index in [0.717, 1.165) is 22.3 Å². The van der Waals surface area contributed by atoms with Crippen molar-refractivity contribution in [3.05, 3.63) is 64.1 Å². The fourth-order valence-corrected chi connectivity index (χ4v) is 2.40. The van der Waals surface area contributed by atoms with E-state index < -0.39 is 0 Å². The molecule has 0 spiro atoms. The number of nitrogens with one attached hydrogen (secondary N) is 1. The summed E-state index contributed by atoms with van der Waals surface area (Å²) in [5.41, 5.74) is 3.10. The first-order valence-corrected chi connectivity index (χ1v) is 7.14. The molecule has 0 aromatic heterocycles. The Balaban J connectivity index is 2.11. The van der Waals surface area contributed by atoms with Gasteiger partial charge in [-0.2, -0.15) is 0 Å². The summed E-state index contributed by atoms with van der Waals surface area (Å²) >= 11 is 3.52. The zero-order chi connectivity index (χ0) is 14.4. The molecule has 0 heterocycles. The molecule has 0 aliphatic carbocycles. The molecule has 0 amide bonds. The Labute approximate surface area is 127 Å². The Morgan fingerprint density at radius 2 is 1.90 bits per heavy atom. The number of para-hydroxylation sites is 1. The Kier molecular flexibility index (Phi) is 5.18. The van der Waals surface area contributed by atoms with Gasteiger partial charge in [0.1, 0.15) is 6.61 Å². The number of benzene rings is 2. The standard InChI is InChI=1S/C16H16BrNO2/c1-12(19)20-11-14-8-5-9-15(17)16(14)18-10-13-6-3-2-4-7-13/h2-9,18H,10-11H2,1H3. The lowest BCUT2D eigenvalue weighted by Crippen LogP contribution is -2.06. The van der Waals surface area contributed by atoms with E-state index in [1.165, 1.54) is 12.5 Å². The molecule has 3 nitrogen and oxygen atoms in total. The second kappa shape index (κ2) is 7.10. The van der Waals surface area contributed by atoms with Crippen molar-refractivity contribution in [2.24, 2.45) is 0 Å². The van der Waals surface area contributed by atoms with Crippen LogP contribution in [0.4, 0.5) is 5.69 Å². The van der Waals surface area contributed by atoms with Crippen LogP contribution in [0.2, 0.25) is 0 Å². The third-order valence-electron chi connectivity index (χ3n) is 2.84. The van der Waals surface area contributed by atoms with Crippen LogP contribution in [0.3, 0.4) is 0 Å². The van der Waals surface area contributed by atoms with Gasteiger partial charge >= 0.3 is 5.97 Å². The van der Waals surface area contributed by atoms with Gasteiger partial charge in [-0.15, -0.1) is 0 Å². The van der Waals surface area contributed by atoms with Crippen molar-refractivity contribution in [3.63, 3.8) is 0 Å². The van der Waals surface area contributed by atoms with E-state index in [4.69, 9.17) is 4.74 Å². The number of ether oxygens (including phenoxy) is 1. The molecule has 0 fully saturated rings. The van der Waals surface area contributed by atoms with Crippen molar-refractivity contribution in [2.45, 2.75) is 20.1 Å². The maximum atomic E-state index is 10.9. The number of hydrogen-bond acceptors (Lipinski definition) is 3. The summed E-state index contributed by atoms with van der Waals surface area (Å²) in [6.45, 7) is 2.40. The summed E-state index contributed by atoms with van der Waals surface area (Å²) in [5.74, 6) is -0.279. The van der Waals surface area contributed by atoms with Gasteiger partial charge in [0.05, 0.1) is 5.69 Å². The lowest BCUT2D eigenvalue weighted by molar-refractivity contribution is -0.142. The zero-order valence-corrected chi connectivity index (χ0v) is 12.8. The van der Waals surface area contributed by atoms with Crippen molar-refractivity contribution in [3.8, 4) is 0 Å². The normalized spacial score (nSPS) is 10.1. The molecule has 0 radical (unpaired) electrons. The second-order valence-electron chi connectivity index (χ2n) is 4.39. The maximum Gasteiger partial charge on any atom is 0.302 e. The highest BCUT2D eigenvalue weighted by Crippen LogP contribution is 2.27. The molecule has 0 bridgehead atoms. The molecule has 0 saturated carbocycles. The molecule has 0 saturated heterocycles. The Bertz CT molecular complexity index is 584. The summed E-state index contributed by atoms with van der Waals surface area (Å²) in [4.78, 5) is 10.9. The van der Waals surface area contributed by atoms with E-state index >= 15 is 0 Å². The average Bonchev–Trinajstić information content (AvgIpc) is 2.45. The van der Waals surface area contributed by atoms with Crippen LogP contribution in [0, 0.1) is 0 Å². The van der Waals surface area contributed by atoms with E-state index in [1.807, 2.05) is 36.4 Å². The predicted octanol–water partition coefficient (Wildman–Crippen LogP) is 4.12. The highest BCUT2D eigenvalue weighted by Gasteiger charge is 2.07. The third kappa shape index (κ3) is 4.10.